The molecule has 2 nitrogen and oxygen atoms in total. The molecule has 0 unspecified atom stereocenters. The number of hydrogen-bond acceptors (Lipinski definition) is 2. The smallest absolute Gasteiger partial charge is 0.0167 e. The van der Waals surface area contributed by atoms with Gasteiger partial charge in [0.2, 0.25) is 0 Å². The molecule has 1 aromatic carbocycles. The van der Waals surface area contributed by atoms with Gasteiger partial charge >= 0.3 is 0 Å². The van der Waals surface area contributed by atoms with Crippen LogP contribution in [-0.4, -0.2) is 37.6 Å². The molecule has 1 aromatic rings. The molecule has 1 aliphatic heterocycles. The fourth-order valence-electron chi connectivity index (χ4n) is 1.80. The highest BCUT2D eigenvalue weighted by molar-refractivity contribution is 5.85. The number of halogens is 2. The van der Waals surface area contributed by atoms with Crippen molar-refractivity contribution in [2.45, 2.75) is 0 Å². The topological polar surface area (TPSA) is 15.3 Å². The third-order valence-electron chi connectivity index (χ3n) is 2.68. The minimum atomic E-state index is 0. The Hall–Kier alpha value is -0.540. The zero-order valence-electron chi connectivity index (χ0n) is 9.84. The Kier molecular flexibility index (Phi) is 9.18. The first kappa shape index (κ1) is 16.5. The molecule has 0 spiro atoms. The van der Waals surface area contributed by atoms with Crippen molar-refractivity contribution < 1.29 is 0 Å². The third kappa shape index (κ3) is 6.08. The van der Waals surface area contributed by atoms with Crippen molar-refractivity contribution in [2.24, 2.45) is 0 Å². The zero-order chi connectivity index (χ0) is 10.3. The van der Waals surface area contributed by atoms with Gasteiger partial charge in [0.15, 0.2) is 0 Å². The Balaban J connectivity index is 0.00000128. The van der Waals surface area contributed by atoms with Crippen molar-refractivity contribution in [2.75, 3.05) is 32.7 Å². The van der Waals surface area contributed by atoms with Crippen LogP contribution in [-0.2, 0) is 0 Å². The van der Waals surface area contributed by atoms with Crippen LogP contribution in [0.3, 0.4) is 0 Å². The molecule has 4 heteroatoms. The summed E-state index contributed by atoms with van der Waals surface area (Å²) in [6.45, 7) is 5.65. The van der Waals surface area contributed by atoms with E-state index in [1.54, 1.807) is 0 Å². The predicted molar refractivity (Wildman–Crippen MR) is 79.3 cm³/mol. The van der Waals surface area contributed by atoms with E-state index < -0.39 is 0 Å². The average Bonchev–Trinajstić information content (AvgIpc) is 2.32. The molecular formula is C13H20Cl2N2. The number of rotatable bonds is 3. The van der Waals surface area contributed by atoms with E-state index in [0.29, 0.717) is 0 Å². The number of nitrogens with zero attached hydrogens (tertiary/aromatic N) is 1. The summed E-state index contributed by atoms with van der Waals surface area (Å²) in [5.41, 5.74) is 1.28. The van der Waals surface area contributed by atoms with Crippen LogP contribution in [0.15, 0.2) is 36.4 Å². The monoisotopic (exact) mass is 274 g/mol. The molecule has 96 valence electrons. The summed E-state index contributed by atoms with van der Waals surface area (Å²) >= 11 is 0. The zero-order valence-corrected chi connectivity index (χ0v) is 11.5. The number of nitrogens with one attached hydrogen (secondary N) is 1. The van der Waals surface area contributed by atoms with Gasteiger partial charge in [-0.1, -0.05) is 42.5 Å². The molecule has 0 radical (unpaired) electrons. The summed E-state index contributed by atoms with van der Waals surface area (Å²) in [4.78, 5) is 2.47. The van der Waals surface area contributed by atoms with Gasteiger partial charge in [0.05, 0.1) is 0 Å². The fraction of sp³-hybridized carbons (Fsp3) is 0.385. The molecule has 2 rings (SSSR count). The standard InChI is InChI=1S/C13H18N2.2ClH/c1-2-5-13(6-3-1)7-4-10-15-11-8-14-9-12-15;;/h1-7,14H,8-12H2;2*1H/b7-4+;;. The SMILES string of the molecule is C(=C\c1ccccc1)/CN1CCNCC1.Cl.Cl. The van der Waals surface area contributed by atoms with Crippen LogP contribution in [0.1, 0.15) is 5.56 Å². The summed E-state index contributed by atoms with van der Waals surface area (Å²) in [7, 11) is 0. The largest absolute Gasteiger partial charge is 0.314 e. The molecule has 0 aromatic heterocycles. The Morgan fingerprint density at radius 2 is 1.71 bits per heavy atom. The molecule has 1 N–H and O–H groups in total. The summed E-state index contributed by atoms with van der Waals surface area (Å²) < 4.78 is 0. The summed E-state index contributed by atoms with van der Waals surface area (Å²) in [5, 5.41) is 3.36. The van der Waals surface area contributed by atoms with Crippen LogP contribution in [0.4, 0.5) is 0 Å². The van der Waals surface area contributed by atoms with Crippen LogP contribution >= 0.6 is 24.8 Å². The van der Waals surface area contributed by atoms with Gasteiger partial charge in [-0.3, -0.25) is 4.90 Å². The lowest BCUT2D eigenvalue weighted by molar-refractivity contribution is 0.265. The van der Waals surface area contributed by atoms with Gasteiger partial charge in [-0.15, -0.1) is 24.8 Å². The molecule has 17 heavy (non-hydrogen) atoms. The fourth-order valence-corrected chi connectivity index (χ4v) is 1.80. The van der Waals surface area contributed by atoms with Gasteiger partial charge in [0.25, 0.3) is 0 Å². The molecule has 1 heterocycles. The van der Waals surface area contributed by atoms with Crippen molar-refractivity contribution in [1.29, 1.82) is 0 Å². The van der Waals surface area contributed by atoms with Gasteiger partial charge in [-0.05, 0) is 5.56 Å². The average molecular weight is 275 g/mol. The van der Waals surface area contributed by atoms with Gasteiger partial charge in [0.1, 0.15) is 0 Å². The molecule has 1 aliphatic rings. The Morgan fingerprint density at radius 1 is 1.06 bits per heavy atom. The highest BCUT2D eigenvalue weighted by Gasteiger charge is 2.06. The summed E-state index contributed by atoms with van der Waals surface area (Å²) in [5.74, 6) is 0. The molecular weight excluding hydrogens is 255 g/mol. The van der Waals surface area contributed by atoms with Crippen molar-refractivity contribution in [1.82, 2.24) is 10.2 Å². The predicted octanol–water partition coefficient (Wildman–Crippen LogP) is 2.45. The first-order valence-corrected chi connectivity index (χ1v) is 5.60. The number of benzene rings is 1. The highest BCUT2D eigenvalue weighted by Crippen LogP contribution is 2.01. The van der Waals surface area contributed by atoms with Crippen molar-refractivity contribution >= 4 is 30.9 Å². The molecule has 0 bridgehead atoms. The molecule has 0 amide bonds. The number of piperazine rings is 1. The van der Waals surface area contributed by atoms with Gasteiger partial charge in [0, 0.05) is 32.7 Å². The van der Waals surface area contributed by atoms with Crippen molar-refractivity contribution in [3.63, 3.8) is 0 Å². The summed E-state index contributed by atoms with van der Waals surface area (Å²) in [6, 6.07) is 10.5. The first-order chi connectivity index (χ1) is 7.45. The highest BCUT2D eigenvalue weighted by atomic mass is 35.5. The second kappa shape index (κ2) is 9.49. The molecule has 1 saturated heterocycles. The maximum Gasteiger partial charge on any atom is 0.0167 e. The Labute approximate surface area is 116 Å². The van der Waals surface area contributed by atoms with E-state index >= 15 is 0 Å². The minimum absolute atomic E-state index is 0. The van der Waals surface area contributed by atoms with E-state index in [-0.39, 0.29) is 24.8 Å². The Bertz CT molecular complexity index is 308. The van der Waals surface area contributed by atoms with E-state index in [0.717, 1.165) is 19.6 Å². The van der Waals surface area contributed by atoms with Gasteiger partial charge < -0.3 is 5.32 Å². The second-order valence-electron chi connectivity index (χ2n) is 3.86. The van der Waals surface area contributed by atoms with E-state index in [1.165, 1.54) is 18.7 Å². The third-order valence-corrected chi connectivity index (χ3v) is 2.68. The van der Waals surface area contributed by atoms with E-state index in [1.807, 2.05) is 6.07 Å². The maximum absolute atomic E-state index is 3.36. The van der Waals surface area contributed by atoms with Gasteiger partial charge in [-0.25, -0.2) is 0 Å². The normalized spacial score (nSPS) is 16.2. The molecule has 1 fully saturated rings. The van der Waals surface area contributed by atoms with Crippen LogP contribution in [0.25, 0.3) is 6.08 Å². The van der Waals surface area contributed by atoms with Crippen LogP contribution in [0.2, 0.25) is 0 Å². The quantitative estimate of drug-likeness (QED) is 0.911. The van der Waals surface area contributed by atoms with E-state index in [9.17, 15) is 0 Å². The van der Waals surface area contributed by atoms with Crippen molar-refractivity contribution in [3.05, 3.63) is 42.0 Å². The van der Waals surface area contributed by atoms with Crippen LogP contribution < -0.4 is 5.32 Å². The lowest BCUT2D eigenvalue weighted by atomic mass is 10.2. The summed E-state index contributed by atoms with van der Waals surface area (Å²) in [6.07, 6.45) is 4.45. The van der Waals surface area contributed by atoms with Crippen molar-refractivity contribution in [3.8, 4) is 0 Å². The molecule has 0 aliphatic carbocycles. The van der Waals surface area contributed by atoms with E-state index in [2.05, 4.69) is 46.6 Å². The lowest BCUT2D eigenvalue weighted by Crippen LogP contribution is -2.43. The molecule has 0 atom stereocenters. The van der Waals surface area contributed by atoms with Gasteiger partial charge in [-0.2, -0.15) is 0 Å². The second-order valence-corrected chi connectivity index (χ2v) is 3.86. The number of hydrogen-bond donors (Lipinski definition) is 1. The maximum atomic E-state index is 3.36. The minimum Gasteiger partial charge on any atom is -0.314 e. The van der Waals surface area contributed by atoms with E-state index in [4.69, 9.17) is 0 Å². The first-order valence-electron chi connectivity index (χ1n) is 5.60. The molecule has 0 saturated carbocycles. The lowest BCUT2D eigenvalue weighted by Gasteiger charge is -2.25. The Morgan fingerprint density at radius 3 is 2.35 bits per heavy atom. The van der Waals surface area contributed by atoms with Crippen LogP contribution in [0.5, 0.6) is 0 Å². The van der Waals surface area contributed by atoms with Crippen LogP contribution in [0, 0.1) is 0 Å².